The SMILES string of the molecule is C1=CC(Nc2ccccc2)(c2ccc3ccccc3c2)CC=C1c1ccc(-c2ccc(N(c3ccccc3)c3ccc4ccccc4c3)cc2)cc1. The van der Waals surface area contributed by atoms with Gasteiger partial charge in [0.1, 0.15) is 0 Å². The summed E-state index contributed by atoms with van der Waals surface area (Å²) in [7, 11) is 0. The van der Waals surface area contributed by atoms with Gasteiger partial charge in [0.15, 0.2) is 0 Å². The Labute approximate surface area is 305 Å². The summed E-state index contributed by atoms with van der Waals surface area (Å²) < 4.78 is 0. The van der Waals surface area contributed by atoms with Crippen LogP contribution in [0.25, 0.3) is 38.2 Å². The molecule has 1 aliphatic rings. The lowest BCUT2D eigenvalue weighted by atomic mass is 9.80. The topological polar surface area (TPSA) is 15.3 Å². The molecular weight excluding hydrogens is 629 g/mol. The van der Waals surface area contributed by atoms with Crippen LogP contribution in [-0.4, -0.2) is 0 Å². The Morgan fingerprint density at radius 3 is 1.60 bits per heavy atom. The van der Waals surface area contributed by atoms with Crippen LogP contribution in [0.4, 0.5) is 22.7 Å². The lowest BCUT2D eigenvalue weighted by Gasteiger charge is -2.35. The molecule has 0 amide bonds. The van der Waals surface area contributed by atoms with Gasteiger partial charge in [-0.25, -0.2) is 0 Å². The van der Waals surface area contributed by atoms with Gasteiger partial charge in [0.2, 0.25) is 0 Å². The van der Waals surface area contributed by atoms with E-state index in [2.05, 4.69) is 223 Å². The average Bonchev–Trinajstić information content (AvgIpc) is 3.22. The normalized spacial score (nSPS) is 15.3. The monoisotopic (exact) mass is 666 g/mol. The highest BCUT2D eigenvalue weighted by Gasteiger charge is 2.31. The number of hydrogen-bond donors (Lipinski definition) is 1. The minimum atomic E-state index is -0.350. The number of hydrogen-bond acceptors (Lipinski definition) is 2. The Morgan fingerprint density at radius 2 is 0.942 bits per heavy atom. The number of nitrogens with zero attached hydrogens (tertiary/aromatic N) is 1. The van der Waals surface area contributed by atoms with Crippen molar-refractivity contribution in [1.29, 1.82) is 0 Å². The quantitative estimate of drug-likeness (QED) is 0.174. The summed E-state index contributed by atoms with van der Waals surface area (Å²) in [4.78, 5) is 2.33. The predicted octanol–water partition coefficient (Wildman–Crippen LogP) is 13.5. The van der Waals surface area contributed by atoms with Gasteiger partial charge in [0.05, 0.1) is 5.54 Å². The van der Waals surface area contributed by atoms with Crippen molar-refractivity contribution in [2.24, 2.45) is 0 Å². The fourth-order valence-electron chi connectivity index (χ4n) is 7.48. The Balaban J connectivity index is 0.977. The van der Waals surface area contributed by atoms with Crippen molar-refractivity contribution in [2.45, 2.75) is 12.0 Å². The molecule has 0 aromatic heterocycles. The Kier molecular flexibility index (Phi) is 8.19. The van der Waals surface area contributed by atoms with Gasteiger partial charge >= 0.3 is 0 Å². The number of benzene rings is 8. The van der Waals surface area contributed by atoms with E-state index in [1.807, 2.05) is 0 Å². The number of para-hydroxylation sites is 2. The molecule has 9 rings (SSSR count). The van der Waals surface area contributed by atoms with Crippen LogP contribution in [0.3, 0.4) is 0 Å². The van der Waals surface area contributed by atoms with E-state index in [-0.39, 0.29) is 5.54 Å². The third-order valence-electron chi connectivity index (χ3n) is 10.3. The molecule has 8 aromatic rings. The molecular formula is C50H38N2. The van der Waals surface area contributed by atoms with E-state index in [1.165, 1.54) is 49.4 Å². The number of fused-ring (bicyclic) bond motifs is 2. The molecule has 52 heavy (non-hydrogen) atoms. The molecule has 0 heterocycles. The summed E-state index contributed by atoms with van der Waals surface area (Å²) in [6.45, 7) is 0. The first-order chi connectivity index (χ1) is 25.7. The second-order valence-corrected chi connectivity index (χ2v) is 13.5. The molecule has 0 bridgehead atoms. The smallest absolute Gasteiger partial charge is 0.0848 e. The fraction of sp³-hybridized carbons (Fsp3) is 0.0400. The van der Waals surface area contributed by atoms with Gasteiger partial charge in [-0.2, -0.15) is 0 Å². The predicted molar refractivity (Wildman–Crippen MR) is 221 cm³/mol. The van der Waals surface area contributed by atoms with E-state index in [1.54, 1.807) is 0 Å². The van der Waals surface area contributed by atoms with Crippen molar-refractivity contribution in [1.82, 2.24) is 0 Å². The van der Waals surface area contributed by atoms with Crippen molar-refractivity contribution in [3.8, 4) is 11.1 Å². The highest BCUT2D eigenvalue weighted by atomic mass is 15.1. The van der Waals surface area contributed by atoms with Crippen molar-refractivity contribution >= 4 is 49.9 Å². The van der Waals surface area contributed by atoms with Crippen LogP contribution >= 0.6 is 0 Å². The number of nitrogens with one attached hydrogen (secondary N) is 1. The maximum Gasteiger partial charge on any atom is 0.0848 e. The van der Waals surface area contributed by atoms with Gasteiger partial charge in [-0.15, -0.1) is 0 Å². The number of allylic oxidation sites excluding steroid dienone is 2. The van der Waals surface area contributed by atoms with E-state index in [0.717, 1.165) is 29.2 Å². The second-order valence-electron chi connectivity index (χ2n) is 13.5. The Hall–Kier alpha value is -6.64. The van der Waals surface area contributed by atoms with Crippen LogP contribution in [0.2, 0.25) is 0 Å². The van der Waals surface area contributed by atoms with Gasteiger partial charge in [-0.1, -0.05) is 158 Å². The van der Waals surface area contributed by atoms with Crippen LogP contribution in [0.15, 0.2) is 212 Å². The summed E-state index contributed by atoms with van der Waals surface area (Å²) in [5.41, 5.74) is 10.3. The van der Waals surface area contributed by atoms with Gasteiger partial charge in [-0.3, -0.25) is 0 Å². The van der Waals surface area contributed by atoms with Crippen LogP contribution in [0.1, 0.15) is 17.5 Å². The number of rotatable bonds is 8. The van der Waals surface area contributed by atoms with E-state index in [0.29, 0.717) is 0 Å². The van der Waals surface area contributed by atoms with Crippen LogP contribution < -0.4 is 10.2 Å². The van der Waals surface area contributed by atoms with E-state index in [9.17, 15) is 0 Å². The largest absolute Gasteiger partial charge is 0.372 e. The lowest BCUT2D eigenvalue weighted by molar-refractivity contribution is 0.620. The first-order valence-corrected chi connectivity index (χ1v) is 18.0. The molecule has 2 nitrogen and oxygen atoms in total. The van der Waals surface area contributed by atoms with Crippen molar-refractivity contribution in [3.05, 3.63) is 223 Å². The Bertz CT molecular complexity index is 2550. The molecule has 8 aromatic carbocycles. The van der Waals surface area contributed by atoms with Gasteiger partial charge in [0.25, 0.3) is 0 Å². The minimum Gasteiger partial charge on any atom is -0.372 e. The highest BCUT2D eigenvalue weighted by Crippen LogP contribution is 2.40. The summed E-state index contributed by atoms with van der Waals surface area (Å²) in [6.07, 6.45) is 7.84. The third kappa shape index (κ3) is 6.16. The zero-order valence-corrected chi connectivity index (χ0v) is 28.9. The average molecular weight is 667 g/mol. The molecule has 1 unspecified atom stereocenters. The molecule has 0 spiro atoms. The summed E-state index contributed by atoms with van der Waals surface area (Å²) >= 11 is 0. The first-order valence-electron chi connectivity index (χ1n) is 18.0. The fourth-order valence-corrected chi connectivity index (χ4v) is 7.48. The molecule has 1 atom stereocenters. The summed E-state index contributed by atoms with van der Waals surface area (Å²) in [5, 5.41) is 8.86. The third-order valence-corrected chi connectivity index (χ3v) is 10.3. The van der Waals surface area contributed by atoms with E-state index in [4.69, 9.17) is 0 Å². The zero-order chi connectivity index (χ0) is 34.7. The maximum absolute atomic E-state index is 3.88. The summed E-state index contributed by atoms with van der Waals surface area (Å²) in [6, 6.07) is 69.6. The minimum absolute atomic E-state index is 0.350. The zero-order valence-electron chi connectivity index (χ0n) is 28.9. The number of anilines is 4. The van der Waals surface area contributed by atoms with Crippen LogP contribution in [0.5, 0.6) is 0 Å². The van der Waals surface area contributed by atoms with Gasteiger partial charge in [-0.05, 0) is 110 Å². The highest BCUT2D eigenvalue weighted by molar-refractivity contribution is 5.90. The van der Waals surface area contributed by atoms with Crippen LogP contribution in [-0.2, 0) is 5.54 Å². The molecule has 0 saturated heterocycles. The van der Waals surface area contributed by atoms with Crippen molar-refractivity contribution in [2.75, 3.05) is 10.2 Å². The standard InChI is InChI=1S/C50H38N2/c1-3-15-46(16-4-1)51-50(45-27-23-37-11-7-9-13-43(37)35-45)33-31-42(32-34-50)40-21-19-39(20-22-40)41-24-28-48(29-25-41)52(47-17-5-2-6-18-47)49-30-26-38-12-8-10-14-44(38)36-49/h1-33,35-36,51H,34H2. The second kappa shape index (κ2) is 13.6. The Morgan fingerprint density at radius 1 is 0.423 bits per heavy atom. The molecule has 0 saturated carbocycles. The molecule has 1 N–H and O–H groups in total. The summed E-state index contributed by atoms with van der Waals surface area (Å²) in [5.74, 6) is 0. The molecule has 2 heteroatoms. The molecule has 248 valence electrons. The molecule has 0 aliphatic heterocycles. The van der Waals surface area contributed by atoms with Crippen molar-refractivity contribution < 1.29 is 0 Å². The lowest BCUT2D eigenvalue weighted by Crippen LogP contribution is -2.34. The molecule has 0 fully saturated rings. The first kappa shape index (κ1) is 31.3. The van der Waals surface area contributed by atoms with Gasteiger partial charge < -0.3 is 10.2 Å². The van der Waals surface area contributed by atoms with E-state index < -0.39 is 0 Å². The molecule has 0 radical (unpaired) electrons. The van der Waals surface area contributed by atoms with Gasteiger partial charge in [0, 0.05) is 22.7 Å². The maximum atomic E-state index is 3.88. The molecule has 1 aliphatic carbocycles. The van der Waals surface area contributed by atoms with Crippen molar-refractivity contribution in [3.63, 3.8) is 0 Å². The van der Waals surface area contributed by atoms with Crippen LogP contribution in [0, 0.1) is 0 Å². The van der Waals surface area contributed by atoms with E-state index >= 15 is 0 Å².